The minimum atomic E-state index is -0.185. The highest BCUT2D eigenvalue weighted by Crippen LogP contribution is 2.42. The molecule has 4 nitrogen and oxygen atoms in total. The first-order valence-corrected chi connectivity index (χ1v) is 9.28. The number of phenols is 1. The van der Waals surface area contributed by atoms with Gasteiger partial charge in [0.15, 0.2) is 0 Å². The second-order valence-corrected chi connectivity index (χ2v) is 8.07. The van der Waals surface area contributed by atoms with Gasteiger partial charge in [-0.05, 0) is 42.9 Å². The van der Waals surface area contributed by atoms with Crippen molar-refractivity contribution in [3.8, 4) is 5.75 Å². The molecule has 0 bridgehead atoms. The predicted octanol–water partition coefficient (Wildman–Crippen LogP) is 5.53. The fraction of sp³-hybridized carbons (Fsp3) is 0.409. The topological polar surface area (TPSA) is 58.9 Å². The zero-order valence-electron chi connectivity index (χ0n) is 15.6. The lowest BCUT2D eigenvalue weighted by Gasteiger charge is -2.21. The lowest BCUT2D eigenvalue weighted by atomic mass is 9.83. The molecule has 0 saturated heterocycles. The zero-order chi connectivity index (χ0) is 18.3. The number of aryl methyl sites for hydroxylation is 2. The van der Waals surface area contributed by atoms with Gasteiger partial charge in [0.25, 0.3) is 0 Å². The van der Waals surface area contributed by atoms with Crippen molar-refractivity contribution < 1.29 is 13.9 Å². The third-order valence-electron chi connectivity index (χ3n) is 5.11. The summed E-state index contributed by atoms with van der Waals surface area (Å²) in [6.45, 7) is 6.75. The van der Waals surface area contributed by atoms with Gasteiger partial charge in [0.2, 0.25) is 0 Å². The van der Waals surface area contributed by atoms with Crippen LogP contribution >= 0.6 is 0 Å². The number of rotatable bonds is 3. The number of fused-ring (bicyclic) bond motifs is 3. The van der Waals surface area contributed by atoms with E-state index in [2.05, 4.69) is 25.8 Å². The number of phenolic OH excluding ortho intramolecular Hbond substituents is 1. The molecule has 1 aromatic carbocycles. The molecule has 0 aliphatic heterocycles. The monoisotopic (exact) mass is 351 g/mol. The fourth-order valence-corrected chi connectivity index (χ4v) is 3.77. The molecule has 0 amide bonds. The van der Waals surface area contributed by atoms with Gasteiger partial charge in [0.1, 0.15) is 22.9 Å². The smallest absolute Gasteiger partial charge is 0.135 e. The molecule has 2 aromatic heterocycles. The minimum Gasteiger partial charge on any atom is -0.507 e. The SMILES string of the molecule is CC(C)(C)c1cc2oc3c(c2c(C=NCc2ccco2)c1O)CCCC3. The Bertz CT molecular complexity index is 956. The largest absolute Gasteiger partial charge is 0.507 e. The first-order valence-electron chi connectivity index (χ1n) is 9.28. The molecule has 0 atom stereocenters. The van der Waals surface area contributed by atoms with E-state index in [4.69, 9.17) is 8.83 Å². The standard InChI is InChI=1S/C22H25NO3/c1-22(2,3)17-11-19-20(15-8-4-5-9-18(15)26-19)16(21(17)24)13-23-12-14-7-6-10-25-14/h6-7,10-11,13,24H,4-5,8-9,12H2,1-3H3. The van der Waals surface area contributed by atoms with Crippen LogP contribution in [0.1, 0.15) is 61.8 Å². The lowest BCUT2D eigenvalue weighted by molar-refractivity contribution is 0.446. The van der Waals surface area contributed by atoms with Gasteiger partial charge in [-0.1, -0.05) is 20.8 Å². The Labute approximate surface area is 153 Å². The van der Waals surface area contributed by atoms with Gasteiger partial charge in [-0.2, -0.15) is 0 Å². The summed E-state index contributed by atoms with van der Waals surface area (Å²) in [5.41, 5.74) is 3.57. The van der Waals surface area contributed by atoms with Crippen molar-refractivity contribution in [3.05, 3.63) is 52.7 Å². The van der Waals surface area contributed by atoms with E-state index in [-0.39, 0.29) is 5.41 Å². The Kier molecular flexibility index (Phi) is 4.14. The molecule has 3 aromatic rings. The molecular formula is C22H25NO3. The third-order valence-corrected chi connectivity index (χ3v) is 5.11. The van der Waals surface area contributed by atoms with Gasteiger partial charge in [-0.25, -0.2) is 0 Å². The van der Waals surface area contributed by atoms with E-state index in [1.807, 2.05) is 18.2 Å². The fourth-order valence-electron chi connectivity index (χ4n) is 3.77. The van der Waals surface area contributed by atoms with Crippen LogP contribution in [0.25, 0.3) is 11.0 Å². The molecule has 1 N–H and O–H groups in total. The molecule has 0 unspecified atom stereocenters. The maximum atomic E-state index is 11.0. The Morgan fingerprint density at radius 2 is 2.04 bits per heavy atom. The van der Waals surface area contributed by atoms with E-state index in [1.165, 1.54) is 5.56 Å². The van der Waals surface area contributed by atoms with Crippen LogP contribution in [0.4, 0.5) is 0 Å². The number of aliphatic imine (C=N–C) groups is 1. The van der Waals surface area contributed by atoms with Crippen molar-refractivity contribution in [2.45, 2.75) is 58.4 Å². The average Bonchev–Trinajstić information content (AvgIpc) is 3.22. The molecule has 1 aliphatic rings. The van der Waals surface area contributed by atoms with Gasteiger partial charge in [-0.3, -0.25) is 4.99 Å². The summed E-state index contributed by atoms with van der Waals surface area (Å²) in [5.74, 6) is 2.18. The van der Waals surface area contributed by atoms with E-state index in [9.17, 15) is 5.11 Å². The van der Waals surface area contributed by atoms with Crippen LogP contribution in [0, 0.1) is 0 Å². The van der Waals surface area contributed by atoms with Crippen molar-refractivity contribution in [3.63, 3.8) is 0 Å². The predicted molar refractivity (Wildman–Crippen MR) is 103 cm³/mol. The minimum absolute atomic E-state index is 0.185. The van der Waals surface area contributed by atoms with Crippen molar-refractivity contribution in [2.75, 3.05) is 0 Å². The van der Waals surface area contributed by atoms with Gasteiger partial charge in [0, 0.05) is 34.7 Å². The Morgan fingerprint density at radius 3 is 2.77 bits per heavy atom. The Hall–Kier alpha value is -2.49. The van der Waals surface area contributed by atoms with E-state index in [0.29, 0.717) is 12.3 Å². The summed E-state index contributed by atoms with van der Waals surface area (Å²) in [6.07, 6.45) is 7.71. The molecule has 26 heavy (non-hydrogen) atoms. The lowest BCUT2D eigenvalue weighted by Crippen LogP contribution is -2.12. The molecule has 0 fully saturated rings. The summed E-state index contributed by atoms with van der Waals surface area (Å²) in [7, 11) is 0. The second kappa shape index (κ2) is 6.35. The maximum Gasteiger partial charge on any atom is 0.135 e. The van der Waals surface area contributed by atoms with E-state index in [0.717, 1.165) is 59.3 Å². The molecule has 2 heterocycles. The number of nitrogens with zero attached hydrogens (tertiary/aromatic N) is 1. The molecule has 1 aliphatic carbocycles. The number of benzene rings is 1. The van der Waals surface area contributed by atoms with Crippen molar-refractivity contribution in [1.82, 2.24) is 0 Å². The summed E-state index contributed by atoms with van der Waals surface area (Å²) < 4.78 is 11.5. The summed E-state index contributed by atoms with van der Waals surface area (Å²) in [4.78, 5) is 4.53. The van der Waals surface area contributed by atoms with E-state index < -0.39 is 0 Å². The number of furan rings is 2. The molecule has 4 rings (SSSR count). The van der Waals surface area contributed by atoms with Crippen LogP contribution in [0.15, 0.2) is 38.3 Å². The molecule has 136 valence electrons. The van der Waals surface area contributed by atoms with Crippen LogP contribution in [0.3, 0.4) is 0 Å². The normalized spacial score (nSPS) is 15.0. The molecule has 4 heteroatoms. The summed E-state index contributed by atoms with van der Waals surface area (Å²) in [5, 5.41) is 12.1. The molecule has 0 radical (unpaired) electrons. The van der Waals surface area contributed by atoms with Crippen LogP contribution < -0.4 is 0 Å². The Morgan fingerprint density at radius 1 is 1.23 bits per heavy atom. The first-order chi connectivity index (χ1) is 12.4. The molecule has 0 spiro atoms. The van der Waals surface area contributed by atoms with E-state index >= 15 is 0 Å². The Balaban J connectivity index is 1.88. The zero-order valence-corrected chi connectivity index (χ0v) is 15.6. The summed E-state index contributed by atoms with van der Waals surface area (Å²) in [6, 6.07) is 5.76. The van der Waals surface area contributed by atoms with Crippen molar-refractivity contribution in [1.29, 1.82) is 0 Å². The van der Waals surface area contributed by atoms with Crippen molar-refractivity contribution in [2.24, 2.45) is 4.99 Å². The van der Waals surface area contributed by atoms with Crippen LogP contribution in [0.2, 0.25) is 0 Å². The molecule has 0 saturated carbocycles. The van der Waals surface area contributed by atoms with Gasteiger partial charge < -0.3 is 13.9 Å². The quantitative estimate of drug-likeness (QED) is 0.631. The maximum absolute atomic E-state index is 11.0. The highest BCUT2D eigenvalue weighted by molar-refractivity contribution is 6.03. The second-order valence-electron chi connectivity index (χ2n) is 8.07. The summed E-state index contributed by atoms with van der Waals surface area (Å²) >= 11 is 0. The number of hydrogen-bond donors (Lipinski definition) is 1. The average molecular weight is 351 g/mol. The third kappa shape index (κ3) is 2.94. The van der Waals surface area contributed by atoms with Crippen molar-refractivity contribution >= 4 is 17.2 Å². The van der Waals surface area contributed by atoms with Crippen LogP contribution in [-0.2, 0) is 24.8 Å². The highest BCUT2D eigenvalue weighted by atomic mass is 16.3. The number of hydrogen-bond acceptors (Lipinski definition) is 4. The van der Waals surface area contributed by atoms with E-state index in [1.54, 1.807) is 12.5 Å². The highest BCUT2D eigenvalue weighted by Gasteiger charge is 2.27. The first kappa shape index (κ1) is 17.0. The van der Waals surface area contributed by atoms with Crippen LogP contribution in [0.5, 0.6) is 5.75 Å². The van der Waals surface area contributed by atoms with Gasteiger partial charge >= 0.3 is 0 Å². The van der Waals surface area contributed by atoms with Crippen LogP contribution in [-0.4, -0.2) is 11.3 Å². The molecular weight excluding hydrogens is 326 g/mol. The van der Waals surface area contributed by atoms with Gasteiger partial charge in [0.05, 0.1) is 12.8 Å². The van der Waals surface area contributed by atoms with Gasteiger partial charge in [-0.15, -0.1) is 0 Å². The number of aromatic hydroxyl groups is 1.